The van der Waals surface area contributed by atoms with Crippen LogP contribution in [0.25, 0.3) is 0 Å². The molecule has 2 heteroatoms. The van der Waals surface area contributed by atoms with Gasteiger partial charge in [0.05, 0.1) is 6.04 Å². The van der Waals surface area contributed by atoms with Crippen molar-refractivity contribution in [1.82, 2.24) is 5.32 Å². The number of halogens is 1. The fourth-order valence-corrected chi connectivity index (χ4v) is 1.31. The van der Waals surface area contributed by atoms with Crippen LogP contribution in [-0.4, -0.2) is 6.04 Å². The zero-order valence-electron chi connectivity index (χ0n) is 9.18. The van der Waals surface area contributed by atoms with E-state index in [4.69, 9.17) is 6.42 Å². The minimum absolute atomic E-state index is 0.0642. The SMILES string of the molecule is C#CC(CC)NCc1ccc(C)c(F)c1. The summed E-state index contributed by atoms with van der Waals surface area (Å²) in [6.45, 7) is 4.38. The molecule has 0 aliphatic carbocycles. The van der Waals surface area contributed by atoms with Crippen molar-refractivity contribution < 1.29 is 4.39 Å². The molecule has 1 aromatic carbocycles. The molecule has 0 radical (unpaired) electrons. The lowest BCUT2D eigenvalue weighted by molar-refractivity contribution is 0.583. The van der Waals surface area contributed by atoms with Crippen LogP contribution in [0.2, 0.25) is 0 Å². The van der Waals surface area contributed by atoms with E-state index in [0.29, 0.717) is 12.1 Å². The van der Waals surface area contributed by atoms with Crippen molar-refractivity contribution in [2.24, 2.45) is 0 Å². The molecular weight excluding hydrogens is 189 g/mol. The van der Waals surface area contributed by atoms with Gasteiger partial charge in [0.15, 0.2) is 0 Å². The Morgan fingerprint density at radius 3 is 2.80 bits per heavy atom. The van der Waals surface area contributed by atoms with Crippen molar-refractivity contribution in [2.75, 3.05) is 0 Å². The van der Waals surface area contributed by atoms with Gasteiger partial charge < -0.3 is 0 Å². The number of nitrogens with one attached hydrogen (secondary N) is 1. The summed E-state index contributed by atoms with van der Waals surface area (Å²) >= 11 is 0. The number of rotatable bonds is 4. The maximum Gasteiger partial charge on any atom is 0.126 e. The highest BCUT2D eigenvalue weighted by Gasteiger charge is 2.02. The Hall–Kier alpha value is -1.33. The third kappa shape index (κ3) is 3.38. The zero-order chi connectivity index (χ0) is 11.3. The molecule has 1 rings (SSSR count). The quantitative estimate of drug-likeness (QED) is 0.745. The lowest BCUT2D eigenvalue weighted by atomic mass is 10.1. The highest BCUT2D eigenvalue weighted by atomic mass is 19.1. The Morgan fingerprint density at radius 2 is 2.27 bits per heavy atom. The van der Waals surface area contributed by atoms with Gasteiger partial charge in [0.25, 0.3) is 0 Å². The summed E-state index contributed by atoms with van der Waals surface area (Å²) in [5.41, 5.74) is 1.59. The largest absolute Gasteiger partial charge is 0.300 e. The molecule has 80 valence electrons. The van der Waals surface area contributed by atoms with Crippen LogP contribution < -0.4 is 5.32 Å². The number of hydrogen-bond donors (Lipinski definition) is 1. The van der Waals surface area contributed by atoms with Crippen molar-refractivity contribution in [3.05, 3.63) is 35.1 Å². The third-order valence-corrected chi connectivity index (χ3v) is 2.40. The van der Waals surface area contributed by atoms with Gasteiger partial charge in [-0.15, -0.1) is 6.42 Å². The van der Waals surface area contributed by atoms with Gasteiger partial charge in [0, 0.05) is 6.54 Å². The molecule has 1 unspecified atom stereocenters. The summed E-state index contributed by atoms with van der Waals surface area (Å²) in [5.74, 6) is 2.48. The molecule has 0 heterocycles. The molecule has 0 amide bonds. The first-order valence-corrected chi connectivity index (χ1v) is 5.12. The summed E-state index contributed by atoms with van der Waals surface area (Å²) in [4.78, 5) is 0. The molecule has 0 saturated heterocycles. The Kier molecular flexibility index (Phi) is 4.33. The molecule has 0 aliphatic rings. The van der Waals surface area contributed by atoms with Gasteiger partial charge in [-0.2, -0.15) is 0 Å². The van der Waals surface area contributed by atoms with Crippen LogP contribution in [0.5, 0.6) is 0 Å². The molecule has 0 saturated carbocycles. The van der Waals surface area contributed by atoms with E-state index in [2.05, 4.69) is 11.2 Å². The van der Waals surface area contributed by atoms with E-state index in [9.17, 15) is 4.39 Å². The van der Waals surface area contributed by atoms with Gasteiger partial charge in [0.2, 0.25) is 0 Å². The van der Waals surface area contributed by atoms with Crippen LogP contribution in [-0.2, 0) is 6.54 Å². The van der Waals surface area contributed by atoms with Crippen molar-refractivity contribution in [3.63, 3.8) is 0 Å². The molecule has 0 spiro atoms. The first-order chi connectivity index (χ1) is 7.17. The average Bonchev–Trinajstić information content (AvgIpc) is 2.24. The minimum Gasteiger partial charge on any atom is -0.300 e. The maximum atomic E-state index is 13.2. The fraction of sp³-hybridized carbons (Fsp3) is 0.385. The number of terminal acetylenes is 1. The molecule has 1 N–H and O–H groups in total. The molecule has 0 aliphatic heterocycles. The van der Waals surface area contributed by atoms with Gasteiger partial charge in [-0.25, -0.2) is 4.39 Å². The lowest BCUT2D eigenvalue weighted by Gasteiger charge is -2.10. The Labute approximate surface area is 90.7 Å². The van der Waals surface area contributed by atoms with Gasteiger partial charge in [-0.05, 0) is 30.5 Å². The Balaban J connectivity index is 2.59. The highest BCUT2D eigenvalue weighted by Crippen LogP contribution is 2.09. The van der Waals surface area contributed by atoms with E-state index in [-0.39, 0.29) is 11.9 Å². The summed E-state index contributed by atoms with van der Waals surface area (Å²) in [6.07, 6.45) is 6.19. The predicted molar refractivity (Wildman–Crippen MR) is 60.9 cm³/mol. The van der Waals surface area contributed by atoms with Crippen LogP contribution in [0.15, 0.2) is 18.2 Å². The average molecular weight is 205 g/mol. The van der Waals surface area contributed by atoms with Crippen molar-refractivity contribution in [2.45, 2.75) is 32.9 Å². The fourth-order valence-electron chi connectivity index (χ4n) is 1.31. The molecular formula is C13H16FN. The lowest BCUT2D eigenvalue weighted by Crippen LogP contribution is -2.26. The first kappa shape index (κ1) is 11.7. The van der Waals surface area contributed by atoms with Crippen molar-refractivity contribution in [1.29, 1.82) is 0 Å². The minimum atomic E-state index is -0.164. The smallest absolute Gasteiger partial charge is 0.126 e. The molecule has 1 aromatic rings. The van der Waals surface area contributed by atoms with E-state index >= 15 is 0 Å². The second kappa shape index (κ2) is 5.53. The van der Waals surface area contributed by atoms with Crippen molar-refractivity contribution >= 4 is 0 Å². The Morgan fingerprint density at radius 1 is 1.53 bits per heavy atom. The standard InChI is InChI=1S/C13H16FN/c1-4-12(5-2)15-9-11-7-6-10(3)13(14)8-11/h1,6-8,12,15H,5,9H2,2-3H3. The Bertz CT molecular complexity index is 365. The molecule has 0 aromatic heterocycles. The monoisotopic (exact) mass is 205 g/mol. The maximum absolute atomic E-state index is 13.2. The molecule has 1 atom stereocenters. The van der Waals surface area contributed by atoms with Crippen molar-refractivity contribution in [3.8, 4) is 12.3 Å². The van der Waals surface area contributed by atoms with Gasteiger partial charge in [-0.1, -0.05) is 25.0 Å². The number of hydrogen-bond acceptors (Lipinski definition) is 1. The highest BCUT2D eigenvalue weighted by molar-refractivity contribution is 5.23. The van der Waals surface area contributed by atoms with Crippen LogP contribution in [0.4, 0.5) is 4.39 Å². The van der Waals surface area contributed by atoms with E-state index < -0.39 is 0 Å². The third-order valence-electron chi connectivity index (χ3n) is 2.40. The van der Waals surface area contributed by atoms with E-state index in [1.807, 2.05) is 13.0 Å². The second-order valence-electron chi connectivity index (χ2n) is 3.59. The van der Waals surface area contributed by atoms with Crippen LogP contribution in [0.3, 0.4) is 0 Å². The molecule has 0 bridgehead atoms. The van der Waals surface area contributed by atoms with Gasteiger partial charge in [-0.3, -0.25) is 5.32 Å². The molecule has 1 nitrogen and oxygen atoms in total. The number of benzene rings is 1. The topological polar surface area (TPSA) is 12.0 Å². The second-order valence-corrected chi connectivity index (χ2v) is 3.59. The summed E-state index contributed by atoms with van der Waals surface area (Å²) in [7, 11) is 0. The summed E-state index contributed by atoms with van der Waals surface area (Å²) in [5, 5.41) is 3.18. The van der Waals surface area contributed by atoms with Crippen LogP contribution >= 0.6 is 0 Å². The summed E-state index contributed by atoms with van der Waals surface area (Å²) in [6, 6.07) is 5.30. The van der Waals surface area contributed by atoms with E-state index in [1.54, 1.807) is 19.1 Å². The predicted octanol–water partition coefficient (Wildman–Crippen LogP) is 2.64. The summed E-state index contributed by atoms with van der Waals surface area (Å²) < 4.78 is 13.2. The molecule has 15 heavy (non-hydrogen) atoms. The zero-order valence-corrected chi connectivity index (χ0v) is 9.18. The van der Waals surface area contributed by atoms with E-state index in [0.717, 1.165) is 12.0 Å². The van der Waals surface area contributed by atoms with Gasteiger partial charge >= 0.3 is 0 Å². The number of aryl methyl sites for hydroxylation is 1. The normalized spacial score (nSPS) is 12.1. The van der Waals surface area contributed by atoms with Crippen LogP contribution in [0, 0.1) is 25.1 Å². The first-order valence-electron chi connectivity index (χ1n) is 5.12. The van der Waals surface area contributed by atoms with E-state index in [1.165, 1.54) is 0 Å². The van der Waals surface area contributed by atoms with Crippen LogP contribution in [0.1, 0.15) is 24.5 Å². The van der Waals surface area contributed by atoms with Gasteiger partial charge in [0.1, 0.15) is 5.82 Å². The molecule has 0 fully saturated rings.